The molecule has 0 radical (unpaired) electrons. The molecule has 0 saturated carbocycles. The smallest absolute Gasteiger partial charge is 0.0616 e. The maximum Gasteiger partial charge on any atom is 0.0616 e. The normalized spacial score (nSPS) is 27.5. The van der Waals surface area contributed by atoms with Crippen molar-refractivity contribution in [2.75, 3.05) is 5.32 Å². The molecule has 0 amide bonds. The highest BCUT2D eigenvalue weighted by Crippen LogP contribution is 2.57. The van der Waals surface area contributed by atoms with Crippen LogP contribution in [0.5, 0.6) is 0 Å². The number of fused-ring (bicyclic) bond motifs is 6. The van der Waals surface area contributed by atoms with Crippen molar-refractivity contribution in [2.24, 2.45) is 17.3 Å². The second-order valence-corrected chi connectivity index (χ2v) is 13.8. The molecule has 0 spiro atoms. The lowest BCUT2D eigenvalue weighted by molar-refractivity contribution is 0.273. The molecule has 1 aliphatic heterocycles. The predicted octanol–water partition coefficient (Wildman–Crippen LogP) is 10.3. The fourth-order valence-corrected chi connectivity index (χ4v) is 8.20. The summed E-state index contributed by atoms with van der Waals surface area (Å²) in [5.41, 5.74) is 13.4. The minimum atomic E-state index is 0.00428. The molecule has 4 atom stereocenters. The van der Waals surface area contributed by atoms with Crippen LogP contribution in [-0.2, 0) is 5.41 Å². The number of nitrogens with one attached hydrogen (secondary N) is 1. The number of hydrogen-bond acceptors (Lipinski definition) is 2. The molecule has 1 N–H and O–H groups in total. The Morgan fingerprint density at radius 3 is 2.42 bits per heavy atom. The van der Waals surface area contributed by atoms with Crippen LogP contribution in [0, 0.1) is 17.3 Å². The second-order valence-electron chi connectivity index (χ2n) is 13.8. The first-order chi connectivity index (χ1) is 20.8. The molecule has 3 aromatic rings. The van der Waals surface area contributed by atoms with Gasteiger partial charge in [0.2, 0.25) is 0 Å². The van der Waals surface area contributed by atoms with E-state index in [1.165, 1.54) is 44.8 Å². The first kappa shape index (κ1) is 26.3. The Labute approximate surface area is 256 Å². The summed E-state index contributed by atoms with van der Waals surface area (Å²) >= 11 is 0. The van der Waals surface area contributed by atoms with Crippen LogP contribution in [0.1, 0.15) is 57.2 Å². The Bertz CT molecular complexity index is 1810. The number of likely N-dealkylation sites (tertiary alicyclic amines) is 1. The highest BCUT2D eigenvalue weighted by molar-refractivity contribution is 5.83. The topological polar surface area (TPSA) is 15.3 Å². The van der Waals surface area contributed by atoms with E-state index in [2.05, 4.69) is 159 Å². The van der Waals surface area contributed by atoms with Gasteiger partial charge >= 0.3 is 0 Å². The first-order valence-corrected chi connectivity index (χ1v) is 15.9. The third-order valence-corrected chi connectivity index (χ3v) is 10.7. The molecule has 43 heavy (non-hydrogen) atoms. The molecule has 214 valence electrons. The number of benzene rings is 3. The van der Waals surface area contributed by atoms with Crippen molar-refractivity contribution < 1.29 is 0 Å². The van der Waals surface area contributed by atoms with Crippen LogP contribution >= 0.6 is 0 Å². The standard InChI is InChI=1S/C41H40N2/c1-27-12-20-32(21-13-27)43-38-23-16-29(25-37(38)41(4)24-8-7-11-39(41)43)28-14-17-30(18-15-28)42-31-19-22-34-33-9-5-6-10-35(33)40(2,3)36(34)26-31/h5-12,14-24,26-27,37,39,42H,13,25H2,1-4H3. The van der Waals surface area contributed by atoms with Gasteiger partial charge < -0.3 is 10.2 Å². The average Bonchev–Trinajstić information content (AvgIpc) is 3.42. The highest BCUT2D eigenvalue weighted by atomic mass is 15.2. The van der Waals surface area contributed by atoms with Crippen LogP contribution in [0.4, 0.5) is 11.4 Å². The van der Waals surface area contributed by atoms with E-state index in [0.29, 0.717) is 17.9 Å². The van der Waals surface area contributed by atoms with Crippen molar-refractivity contribution in [3.63, 3.8) is 0 Å². The number of hydrogen-bond donors (Lipinski definition) is 1. The van der Waals surface area contributed by atoms with Gasteiger partial charge in [0.15, 0.2) is 0 Å². The lowest BCUT2D eigenvalue weighted by Gasteiger charge is -2.36. The summed E-state index contributed by atoms with van der Waals surface area (Å²) in [7, 11) is 0. The Morgan fingerprint density at radius 1 is 0.814 bits per heavy atom. The van der Waals surface area contributed by atoms with Crippen LogP contribution < -0.4 is 5.32 Å². The molecular weight excluding hydrogens is 520 g/mol. The quantitative estimate of drug-likeness (QED) is 0.341. The molecule has 0 bridgehead atoms. The monoisotopic (exact) mass is 560 g/mol. The van der Waals surface area contributed by atoms with Gasteiger partial charge in [0.05, 0.1) is 6.04 Å². The van der Waals surface area contributed by atoms with Crippen molar-refractivity contribution in [1.82, 2.24) is 4.90 Å². The SMILES string of the molecule is CC1C=CC(N2C3=CC=C(c4ccc(Nc5ccc6c(c5)C(C)(C)c5ccccc5-6)cc4)CC3C3(C)C=CC=CC23)=CC1. The summed E-state index contributed by atoms with van der Waals surface area (Å²) in [6.45, 7) is 9.43. The van der Waals surface area contributed by atoms with Gasteiger partial charge in [-0.1, -0.05) is 113 Å². The van der Waals surface area contributed by atoms with Gasteiger partial charge in [0.25, 0.3) is 0 Å². The molecule has 5 aliphatic rings. The Balaban J connectivity index is 1.05. The van der Waals surface area contributed by atoms with Crippen LogP contribution in [0.3, 0.4) is 0 Å². The maximum absolute atomic E-state index is 3.69. The van der Waals surface area contributed by atoms with E-state index in [0.717, 1.165) is 24.2 Å². The summed E-state index contributed by atoms with van der Waals surface area (Å²) in [4.78, 5) is 2.61. The van der Waals surface area contributed by atoms with Crippen molar-refractivity contribution in [2.45, 2.75) is 52.0 Å². The maximum atomic E-state index is 3.69. The molecule has 3 aromatic carbocycles. The minimum Gasteiger partial charge on any atom is -0.356 e. The number of allylic oxidation sites excluding steroid dienone is 9. The van der Waals surface area contributed by atoms with Crippen LogP contribution in [0.25, 0.3) is 16.7 Å². The highest BCUT2D eigenvalue weighted by Gasteiger charge is 2.53. The van der Waals surface area contributed by atoms with E-state index in [9.17, 15) is 0 Å². The molecule has 1 saturated heterocycles. The fourth-order valence-electron chi connectivity index (χ4n) is 8.20. The van der Waals surface area contributed by atoms with E-state index < -0.39 is 0 Å². The summed E-state index contributed by atoms with van der Waals surface area (Å²) in [5.74, 6) is 1.07. The lowest BCUT2D eigenvalue weighted by atomic mass is 9.68. The molecule has 4 aliphatic carbocycles. The third-order valence-electron chi connectivity index (χ3n) is 10.7. The predicted molar refractivity (Wildman–Crippen MR) is 181 cm³/mol. The second kappa shape index (κ2) is 9.61. The molecule has 1 fully saturated rings. The van der Waals surface area contributed by atoms with Crippen molar-refractivity contribution in [3.8, 4) is 11.1 Å². The van der Waals surface area contributed by atoms with Gasteiger partial charge in [-0.05, 0) is 88.6 Å². The summed E-state index contributed by atoms with van der Waals surface area (Å²) in [6.07, 6.45) is 23.4. The van der Waals surface area contributed by atoms with Gasteiger partial charge in [-0.25, -0.2) is 0 Å². The molecule has 1 heterocycles. The molecule has 2 nitrogen and oxygen atoms in total. The zero-order valence-corrected chi connectivity index (χ0v) is 25.6. The minimum absolute atomic E-state index is 0.00428. The number of rotatable bonds is 4. The van der Waals surface area contributed by atoms with Crippen LogP contribution in [0.15, 0.2) is 133 Å². The number of nitrogens with zero attached hydrogens (tertiary/aromatic N) is 1. The molecule has 2 heteroatoms. The van der Waals surface area contributed by atoms with E-state index >= 15 is 0 Å². The van der Waals surface area contributed by atoms with E-state index in [1.54, 1.807) is 0 Å². The summed E-state index contributed by atoms with van der Waals surface area (Å²) in [5, 5.41) is 3.69. The van der Waals surface area contributed by atoms with E-state index in [4.69, 9.17) is 0 Å². The summed E-state index contributed by atoms with van der Waals surface area (Å²) in [6, 6.07) is 25.1. The van der Waals surface area contributed by atoms with Crippen LogP contribution in [-0.4, -0.2) is 10.9 Å². The lowest BCUT2D eigenvalue weighted by Crippen LogP contribution is -2.37. The molecule has 4 unspecified atom stereocenters. The average molecular weight is 561 g/mol. The van der Waals surface area contributed by atoms with Gasteiger partial charge in [0.1, 0.15) is 0 Å². The van der Waals surface area contributed by atoms with Crippen molar-refractivity contribution >= 4 is 16.9 Å². The Morgan fingerprint density at radius 2 is 1.60 bits per heavy atom. The van der Waals surface area contributed by atoms with Gasteiger partial charge in [-0.2, -0.15) is 0 Å². The van der Waals surface area contributed by atoms with Gasteiger partial charge in [-0.3, -0.25) is 0 Å². The molecule has 0 aromatic heterocycles. The largest absolute Gasteiger partial charge is 0.356 e. The fraction of sp³-hybridized carbons (Fsp3) is 0.268. The third kappa shape index (κ3) is 4.07. The summed E-state index contributed by atoms with van der Waals surface area (Å²) < 4.78 is 0. The zero-order valence-electron chi connectivity index (χ0n) is 25.6. The molecule has 8 rings (SSSR count). The zero-order chi connectivity index (χ0) is 29.3. The number of anilines is 2. The first-order valence-electron chi connectivity index (χ1n) is 15.9. The molecular formula is C41H40N2. The van der Waals surface area contributed by atoms with Crippen LogP contribution in [0.2, 0.25) is 0 Å². The van der Waals surface area contributed by atoms with E-state index in [1.807, 2.05) is 0 Å². The van der Waals surface area contributed by atoms with Gasteiger partial charge in [-0.15, -0.1) is 0 Å². The van der Waals surface area contributed by atoms with E-state index in [-0.39, 0.29) is 10.8 Å². The Kier molecular flexibility index (Phi) is 5.88. The van der Waals surface area contributed by atoms with Crippen molar-refractivity contribution in [1.29, 1.82) is 0 Å². The van der Waals surface area contributed by atoms with Gasteiger partial charge in [0, 0.05) is 39.5 Å². The van der Waals surface area contributed by atoms with Crippen molar-refractivity contribution in [3.05, 3.63) is 149 Å². The Hall–Kier alpha value is -4.30.